The summed E-state index contributed by atoms with van der Waals surface area (Å²) < 4.78 is 105. The molecule has 0 bridgehead atoms. The highest BCUT2D eigenvalue weighted by Crippen LogP contribution is 2.38. The molecular formula is C91H136B4N12O20. The van der Waals surface area contributed by atoms with E-state index >= 15 is 0 Å². The van der Waals surface area contributed by atoms with Crippen LogP contribution >= 0.6 is 0 Å². The van der Waals surface area contributed by atoms with E-state index in [1.165, 1.54) is 0 Å². The summed E-state index contributed by atoms with van der Waals surface area (Å²) >= 11 is 0. The van der Waals surface area contributed by atoms with Crippen molar-refractivity contribution in [2.75, 3.05) is 132 Å². The van der Waals surface area contributed by atoms with Crippen molar-refractivity contribution in [2.45, 2.75) is 222 Å². The lowest BCUT2D eigenvalue weighted by Gasteiger charge is -2.33. The van der Waals surface area contributed by atoms with E-state index in [2.05, 4.69) is 72.6 Å². The minimum atomic E-state index is -0.763. The third-order valence-corrected chi connectivity index (χ3v) is 20.6. The molecule has 692 valence electrons. The maximum atomic E-state index is 12.5. The lowest BCUT2D eigenvalue weighted by Crippen LogP contribution is -2.42. The molecule has 127 heavy (non-hydrogen) atoms. The molecule has 32 nitrogen and oxygen atoms in total. The molecule has 0 fully saturated rings. The average molecular weight is 1760 g/mol. The zero-order chi connectivity index (χ0) is 90.6. The van der Waals surface area contributed by atoms with Gasteiger partial charge in [-0.2, -0.15) is 0 Å². The fourth-order valence-corrected chi connectivity index (χ4v) is 13.7. The molecule has 8 rings (SSSR count). The van der Waals surface area contributed by atoms with Gasteiger partial charge in [-0.15, -0.1) is 20.4 Å². The van der Waals surface area contributed by atoms with E-state index in [9.17, 15) is 19.2 Å². The number of benzene rings is 4. The third kappa shape index (κ3) is 38.0. The molecule has 4 heterocycles. The molecule has 0 aliphatic heterocycles. The normalized spacial score (nSPS) is 11.5. The smallest absolute Gasteiger partial charge is 0.311 e. The van der Waals surface area contributed by atoms with Gasteiger partial charge in [0.05, 0.1) is 160 Å². The zero-order valence-corrected chi connectivity index (χ0v) is 77.5. The lowest BCUT2D eigenvalue weighted by molar-refractivity contribution is -0.135. The van der Waals surface area contributed by atoms with E-state index in [0.29, 0.717) is 280 Å². The van der Waals surface area contributed by atoms with Crippen molar-refractivity contribution in [1.82, 2.24) is 60.0 Å². The second-order valence-electron chi connectivity index (χ2n) is 31.8. The van der Waals surface area contributed by atoms with Crippen LogP contribution in [0.15, 0.2) is 73.3 Å². The Balaban J connectivity index is 0.834. The minimum absolute atomic E-state index is 0.227. The molecule has 0 amide bonds. The molecule has 36 heteroatoms. The maximum Gasteiger partial charge on any atom is 0.311 e. The van der Waals surface area contributed by atoms with Crippen LogP contribution in [0.2, 0.25) is 0 Å². The zero-order valence-electron chi connectivity index (χ0n) is 77.5. The van der Waals surface area contributed by atoms with Crippen molar-refractivity contribution in [3.05, 3.63) is 141 Å². The van der Waals surface area contributed by atoms with E-state index in [-0.39, 0.29) is 63.5 Å². The summed E-state index contributed by atoms with van der Waals surface area (Å²) in [6, 6.07) is 15.9. The van der Waals surface area contributed by atoms with Gasteiger partial charge in [-0.1, -0.05) is 120 Å². The first-order chi connectivity index (χ1) is 61.9. The molecule has 0 radical (unpaired) electrons. The van der Waals surface area contributed by atoms with Crippen LogP contribution in [0.25, 0.3) is 0 Å². The summed E-state index contributed by atoms with van der Waals surface area (Å²) in [7, 11) is 8.33. The van der Waals surface area contributed by atoms with Crippen molar-refractivity contribution in [1.29, 1.82) is 0 Å². The molecular weight excluding hydrogens is 1620 g/mol. The summed E-state index contributed by atoms with van der Waals surface area (Å²) in [6.07, 6.45) is 21.6. The Hall–Kier alpha value is -9.54. The van der Waals surface area contributed by atoms with Crippen molar-refractivity contribution in [3.63, 3.8) is 0 Å². The number of rotatable bonds is 70. The number of aromatic nitrogens is 12. The van der Waals surface area contributed by atoms with Gasteiger partial charge in [-0.3, -0.25) is 19.2 Å². The fraction of sp³-hybridized carbons (Fsp3) is 0.604. The molecule has 4 aromatic carbocycles. The van der Waals surface area contributed by atoms with Crippen LogP contribution in [0.3, 0.4) is 0 Å². The number of hydrogen-bond donors (Lipinski definition) is 0. The first-order valence-corrected chi connectivity index (χ1v) is 45.9. The Bertz CT molecular complexity index is 4270. The van der Waals surface area contributed by atoms with E-state index in [1.807, 2.05) is 129 Å². The van der Waals surface area contributed by atoms with Gasteiger partial charge in [0.15, 0.2) is 46.0 Å². The third-order valence-electron chi connectivity index (χ3n) is 20.6. The molecule has 8 aromatic rings. The number of aryl methyl sites for hydroxylation is 8. The Morgan fingerprint density at radius 1 is 0.299 bits per heavy atom. The molecule has 0 aliphatic carbocycles. The molecule has 0 N–H and O–H groups in total. The van der Waals surface area contributed by atoms with Gasteiger partial charge < -0.3 is 75.8 Å². The highest BCUT2D eigenvalue weighted by Gasteiger charge is 2.33. The first-order valence-electron chi connectivity index (χ1n) is 45.9. The molecule has 0 saturated carbocycles. The Morgan fingerprint density at radius 3 is 0.772 bits per heavy atom. The standard InChI is InChI=1S/C91H136B4N12O20/c1-9-19-83(108)124-87-67(5)47-71(55-92)51-79(87)120-35-13-23-75-59-104(100-96-75)27-39-112-31-17-33-116-63-91(65-118-45-43-114-41-29-106-61-77(98-102-106)25-15-37-122-81-53-73(57-94)49-69(7)89(81)126-85(110)21-11-3,66-119-46-44-115-42-30-107-62-78(99-103-107)26-16-38-123-82-54-74(58-95)50-70(8)90(82)127-86(111)22-12-4)64-117-34-18-32-113-40-28-105-60-76(97-101-105)24-14-36-121-80-52-72(56-93)48-68(6)88(80)125-84(109)20-10-2/h47-54,59-62H,9-46,55-58,63-66,92-95H2,1-8H3. The molecule has 0 spiro atoms. The number of nitrogens with zero attached hydrogens (tertiary/aromatic N) is 12. The molecule has 0 atom stereocenters. The molecule has 0 unspecified atom stereocenters. The van der Waals surface area contributed by atoms with Crippen LogP contribution in [-0.4, -0.2) is 247 Å². The minimum Gasteiger partial charge on any atom is -0.490 e. The van der Waals surface area contributed by atoms with Crippen LogP contribution in [-0.2, 0) is 134 Å². The number of carbonyl (C=O) groups excluding carboxylic acids is 4. The van der Waals surface area contributed by atoms with Gasteiger partial charge in [0.2, 0.25) is 0 Å². The lowest BCUT2D eigenvalue weighted by atomic mass is 9.92. The summed E-state index contributed by atoms with van der Waals surface area (Å²) in [5, 5.41) is 35.0. The van der Waals surface area contributed by atoms with E-state index in [1.54, 1.807) is 18.7 Å². The molecule has 4 aromatic heterocycles. The highest BCUT2D eigenvalue weighted by atomic mass is 16.6. The summed E-state index contributed by atoms with van der Waals surface area (Å²) in [4.78, 5) is 50.0. The number of hydrogen-bond acceptors (Lipinski definition) is 28. The maximum absolute atomic E-state index is 12.5. The van der Waals surface area contributed by atoms with Crippen LogP contribution in [0, 0.1) is 33.1 Å². The number of esters is 4. The predicted molar refractivity (Wildman–Crippen MR) is 489 cm³/mol. The summed E-state index contributed by atoms with van der Waals surface area (Å²) in [6.45, 7) is 24.5. The number of ether oxygens (including phenoxy) is 16. The summed E-state index contributed by atoms with van der Waals surface area (Å²) in [5.74, 6) is 3.05. The van der Waals surface area contributed by atoms with Crippen molar-refractivity contribution in [3.8, 4) is 46.0 Å². The van der Waals surface area contributed by atoms with Crippen LogP contribution in [0.1, 0.15) is 185 Å². The van der Waals surface area contributed by atoms with E-state index in [0.717, 1.165) is 92.6 Å². The second kappa shape index (κ2) is 58.8. The van der Waals surface area contributed by atoms with Crippen LogP contribution in [0.5, 0.6) is 46.0 Å². The van der Waals surface area contributed by atoms with E-state index in [4.69, 9.17) is 75.8 Å². The van der Waals surface area contributed by atoms with Gasteiger partial charge in [0.25, 0.3) is 0 Å². The quantitative estimate of drug-likeness (QED) is 0.0149. The predicted octanol–water partition coefficient (Wildman–Crippen LogP) is 8.69. The van der Waals surface area contributed by atoms with Crippen molar-refractivity contribution < 1.29 is 95.0 Å². The van der Waals surface area contributed by atoms with Crippen molar-refractivity contribution in [2.24, 2.45) is 5.41 Å². The Kier molecular flexibility index (Phi) is 47.6. The van der Waals surface area contributed by atoms with Gasteiger partial charge in [0.1, 0.15) is 31.4 Å². The fourth-order valence-electron chi connectivity index (χ4n) is 13.7. The topological polar surface area (TPSA) is 339 Å². The average Bonchev–Trinajstić information content (AvgIpc) is 1.66. The SMILES string of the molecule is BCc1cc(C)c(OC(=O)CCC)c(OCCCc2cn(CCOCCCOCC(COCCCOCCn3cc(CCCOc4cc(CB)cc(C)c4OC(=O)CCC)nn3)(COCCOCCn3cc(CCCOc4cc(CB)cc(C)c4OC(=O)CCC)nn3)COCCOCCn3cc(CCCOc4cc(CB)cc(C)c4OC(=O)CCC)nn3)nn2)c1. The van der Waals surface area contributed by atoms with Crippen LogP contribution < -0.4 is 37.9 Å². The van der Waals surface area contributed by atoms with Gasteiger partial charge in [-0.05, 0) is 164 Å². The monoisotopic (exact) mass is 1760 g/mol. The van der Waals surface area contributed by atoms with E-state index < -0.39 is 5.41 Å². The van der Waals surface area contributed by atoms with Crippen LogP contribution in [0.4, 0.5) is 0 Å². The molecule has 0 aliphatic rings. The highest BCUT2D eigenvalue weighted by molar-refractivity contribution is 6.09. The summed E-state index contributed by atoms with van der Waals surface area (Å²) in [5.41, 5.74) is 10.4. The van der Waals surface area contributed by atoms with Crippen molar-refractivity contribution >= 4 is 55.3 Å². The Morgan fingerprint density at radius 2 is 0.528 bits per heavy atom. The van der Waals surface area contributed by atoms with Gasteiger partial charge >= 0.3 is 23.9 Å². The van der Waals surface area contributed by atoms with Gasteiger partial charge in [0, 0.05) is 76.9 Å². The van der Waals surface area contributed by atoms with Gasteiger partial charge in [-0.25, -0.2) is 18.7 Å². The number of carbonyl (C=O) groups is 4. The Labute approximate surface area is 753 Å². The second-order valence-corrected chi connectivity index (χ2v) is 31.8. The largest absolute Gasteiger partial charge is 0.490 e. The molecule has 0 saturated heterocycles. The first kappa shape index (κ1) is 103.